The van der Waals surface area contributed by atoms with Gasteiger partial charge < -0.3 is 14.8 Å². The Bertz CT molecular complexity index is 823. The van der Waals surface area contributed by atoms with Gasteiger partial charge in [0.2, 0.25) is 0 Å². The molecule has 0 bridgehead atoms. The quantitative estimate of drug-likeness (QED) is 0.707. The van der Waals surface area contributed by atoms with Crippen molar-refractivity contribution in [1.29, 1.82) is 0 Å². The SMILES string of the molecule is CC[C@@H](Oc1ccc(Cl)c(C)c1)C(=O)Nc1cc(C(=O)OC)ccc1Cl. The van der Waals surface area contributed by atoms with Crippen molar-refractivity contribution in [2.75, 3.05) is 12.4 Å². The van der Waals surface area contributed by atoms with Crippen LogP contribution in [0.3, 0.4) is 0 Å². The van der Waals surface area contributed by atoms with Gasteiger partial charge in [-0.25, -0.2) is 4.79 Å². The van der Waals surface area contributed by atoms with Crippen LogP contribution in [0.25, 0.3) is 0 Å². The van der Waals surface area contributed by atoms with Crippen molar-refractivity contribution in [1.82, 2.24) is 0 Å². The van der Waals surface area contributed by atoms with E-state index in [0.29, 0.717) is 27.9 Å². The Kier molecular flexibility index (Phi) is 6.89. The molecule has 0 spiro atoms. The number of rotatable bonds is 6. The van der Waals surface area contributed by atoms with E-state index in [1.165, 1.54) is 25.3 Å². The van der Waals surface area contributed by atoms with E-state index < -0.39 is 12.1 Å². The van der Waals surface area contributed by atoms with E-state index in [2.05, 4.69) is 10.1 Å². The first kappa shape index (κ1) is 20.1. The average molecular weight is 396 g/mol. The number of aryl methyl sites for hydroxylation is 1. The highest BCUT2D eigenvalue weighted by atomic mass is 35.5. The molecule has 0 aromatic heterocycles. The van der Waals surface area contributed by atoms with Gasteiger partial charge in [0.15, 0.2) is 6.10 Å². The van der Waals surface area contributed by atoms with E-state index in [0.717, 1.165) is 5.56 Å². The molecule has 0 aliphatic carbocycles. The topological polar surface area (TPSA) is 64.6 Å². The number of benzene rings is 2. The molecule has 26 heavy (non-hydrogen) atoms. The van der Waals surface area contributed by atoms with Gasteiger partial charge in [-0.05, 0) is 55.3 Å². The van der Waals surface area contributed by atoms with Crippen LogP contribution in [0.15, 0.2) is 36.4 Å². The van der Waals surface area contributed by atoms with Crippen molar-refractivity contribution in [3.63, 3.8) is 0 Å². The molecule has 138 valence electrons. The molecule has 1 N–H and O–H groups in total. The van der Waals surface area contributed by atoms with E-state index >= 15 is 0 Å². The summed E-state index contributed by atoms with van der Waals surface area (Å²) >= 11 is 12.1. The molecule has 2 rings (SSSR count). The first-order valence-electron chi connectivity index (χ1n) is 7.97. The largest absolute Gasteiger partial charge is 0.481 e. The Morgan fingerprint density at radius 2 is 1.81 bits per heavy atom. The number of hydrogen-bond acceptors (Lipinski definition) is 4. The number of anilines is 1. The minimum atomic E-state index is -0.728. The molecule has 2 aromatic carbocycles. The van der Waals surface area contributed by atoms with Crippen LogP contribution in [0, 0.1) is 6.92 Å². The van der Waals surface area contributed by atoms with Gasteiger partial charge in [0.05, 0.1) is 23.4 Å². The number of methoxy groups -OCH3 is 1. The first-order chi connectivity index (χ1) is 12.3. The molecule has 1 amide bonds. The number of carbonyl (C=O) groups is 2. The van der Waals surface area contributed by atoms with Crippen molar-refractivity contribution < 1.29 is 19.1 Å². The number of carbonyl (C=O) groups excluding carboxylic acids is 2. The molecule has 0 aliphatic rings. The van der Waals surface area contributed by atoms with Crippen molar-refractivity contribution >= 4 is 40.8 Å². The Morgan fingerprint density at radius 3 is 2.42 bits per heavy atom. The van der Waals surface area contributed by atoms with Gasteiger partial charge in [0.25, 0.3) is 5.91 Å². The Hall–Kier alpha value is -2.24. The Labute approximate surface area is 162 Å². The summed E-state index contributed by atoms with van der Waals surface area (Å²) in [5, 5.41) is 3.63. The normalized spacial score (nSPS) is 11.6. The van der Waals surface area contributed by atoms with E-state index in [1.54, 1.807) is 18.2 Å². The van der Waals surface area contributed by atoms with E-state index in [4.69, 9.17) is 27.9 Å². The molecule has 0 unspecified atom stereocenters. The van der Waals surface area contributed by atoms with Crippen molar-refractivity contribution in [2.24, 2.45) is 0 Å². The molecule has 0 saturated heterocycles. The number of amides is 1. The molecular weight excluding hydrogens is 377 g/mol. The number of esters is 1. The lowest BCUT2D eigenvalue weighted by molar-refractivity contribution is -0.122. The second kappa shape index (κ2) is 8.92. The summed E-state index contributed by atoms with van der Waals surface area (Å²) in [5.74, 6) is -0.343. The Morgan fingerprint density at radius 1 is 1.12 bits per heavy atom. The highest BCUT2D eigenvalue weighted by molar-refractivity contribution is 6.34. The van der Waals surface area contributed by atoms with Gasteiger partial charge in [0.1, 0.15) is 5.75 Å². The number of hydrogen-bond donors (Lipinski definition) is 1. The molecule has 0 fully saturated rings. The fraction of sp³-hybridized carbons (Fsp3) is 0.263. The number of nitrogens with one attached hydrogen (secondary N) is 1. The van der Waals surface area contributed by atoms with Crippen molar-refractivity contribution in [2.45, 2.75) is 26.4 Å². The van der Waals surface area contributed by atoms with Crippen LogP contribution in [-0.4, -0.2) is 25.1 Å². The molecule has 1 atom stereocenters. The zero-order valence-corrected chi connectivity index (χ0v) is 16.1. The highest BCUT2D eigenvalue weighted by Crippen LogP contribution is 2.25. The standard InChI is InChI=1S/C19H19Cl2NO4/c1-4-17(26-13-6-8-14(20)11(2)9-13)18(23)22-16-10-12(19(24)25-3)5-7-15(16)21/h5-10,17H,4H2,1-3H3,(H,22,23)/t17-/m1/s1. The number of ether oxygens (including phenoxy) is 2. The fourth-order valence-corrected chi connectivity index (χ4v) is 2.54. The molecule has 2 aromatic rings. The Balaban J connectivity index is 2.16. The van der Waals surface area contributed by atoms with Crippen LogP contribution in [0.1, 0.15) is 29.3 Å². The molecule has 0 aliphatic heterocycles. The second-order valence-corrected chi connectivity index (χ2v) is 6.42. The van der Waals surface area contributed by atoms with Gasteiger partial charge in [-0.15, -0.1) is 0 Å². The highest BCUT2D eigenvalue weighted by Gasteiger charge is 2.20. The van der Waals surface area contributed by atoms with Crippen LogP contribution < -0.4 is 10.1 Å². The summed E-state index contributed by atoms with van der Waals surface area (Å²) < 4.78 is 10.4. The lowest BCUT2D eigenvalue weighted by atomic mass is 10.2. The third-order valence-corrected chi connectivity index (χ3v) is 4.47. The van der Waals surface area contributed by atoms with Crippen LogP contribution in [0.2, 0.25) is 10.0 Å². The van der Waals surface area contributed by atoms with E-state index in [-0.39, 0.29) is 11.5 Å². The van der Waals surface area contributed by atoms with Gasteiger partial charge in [-0.1, -0.05) is 30.1 Å². The summed E-state index contributed by atoms with van der Waals surface area (Å²) in [4.78, 5) is 24.2. The third kappa shape index (κ3) is 4.90. The minimum absolute atomic E-state index is 0.287. The maximum absolute atomic E-state index is 12.6. The minimum Gasteiger partial charge on any atom is -0.481 e. The monoisotopic (exact) mass is 395 g/mol. The van der Waals surface area contributed by atoms with Gasteiger partial charge in [0, 0.05) is 5.02 Å². The van der Waals surface area contributed by atoms with Crippen molar-refractivity contribution in [3.8, 4) is 5.75 Å². The summed E-state index contributed by atoms with van der Waals surface area (Å²) in [5.41, 5.74) is 1.46. The number of halogens is 2. The second-order valence-electron chi connectivity index (χ2n) is 5.60. The molecule has 0 saturated carbocycles. The van der Waals surface area contributed by atoms with Gasteiger partial charge in [-0.2, -0.15) is 0 Å². The van der Waals surface area contributed by atoms with Gasteiger partial charge >= 0.3 is 5.97 Å². The average Bonchev–Trinajstić information content (AvgIpc) is 2.63. The maximum Gasteiger partial charge on any atom is 0.337 e. The summed E-state index contributed by atoms with van der Waals surface area (Å²) in [6.45, 7) is 3.69. The van der Waals surface area contributed by atoms with E-state index in [9.17, 15) is 9.59 Å². The van der Waals surface area contributed by atoms with E-state index in [1.807, 2.05) is 13.8 Å². The smallest absolute Gasteiger partial charge is 0.337 e. The fourth-order valence-electron chi connectivity index (χ4n) is 2.26. The third-order valence-electron chi connectivity index (χ3n) is 3.72. The van der Waals surface area contributed by atoms with Crippen LogP contribution in [0.5, 0.6) is 5.75 Å². The molecule has 0 heterocycles. The lowest BCUT2D eigenvalue weighted by Gasteiger charge is -2.18. The van der Waals surface area contributed by atoms with Crippen LogP contribution >= 0.6 is 23.2 Å². The zero-order valence-electron chi connectivity index (χ0n) is 14.6. The van der Waals surface area contributed by atoms with Gasteiger partial charge in [-0.3, -0.25) is 4.79 Å². The van der Waals surface area contributed by atoms with Crippen LogP contribution in [-0.2, 0) is 9.53 Å². The lowest BCUT2D eigenvalue weighted by Crippen LogP contribution is -2.32. The summed E-state index contributed by atoms with van der Waals surface area (Å²) in [7, 11) is 1.28. The maximum atomic E-state index is 12.6. The summed E-state index contributed by atoms with van der Waals surface area (Å²) in [6, 6.07) is 9.69. The summed E-state index contributed by atoms with van der Waals surface area (Å²) in [6.07, 6.45) is -0.282. The molecule has 7 heteroatoms. The molecule has 5 nitrogen and oxygen atoms in total. The van der Waals surface area contributed by atoms with Crippen molar-refractivity contribution in [3.05, 3.63) is 57.6 Å². The predicted octanol–water partition coefficient (Wildman–Crippen LogP) is 4.88. The molecule has 0 radical (unpaired) electrons. The first-order valence-corrected chi connectivity index (χ1v) is 8.72. The van der Waals surface area contributed by atoms with Crippen LogP contribution in [0.4, 0.5) is 5.69 Å². The zero-order chi connectivity index (χ0) is 19.3. The predicted molar refractivity (Wildman–Crippen MR) is 102 cm³/mol. The molecular formula is C19H19Cl2NO4.